The first-order chi connectivity index (χ1) is 8.42. The SMILES string of the molecule is CC(C)C1(N=C=O)CCC(N=C=O)(C(C)C)CC1. The fourth-order valence-corrected chi connectivity index (χ4v) is 2.93. The van der Waals surface area contributed by atoms with Gasteiger partial charge in [0.1, 0.15) is 0 Å². The molecule has 0 saturated heterocycles. The molecule has 0 spiro atoms. The smallest absolute Gasteiger partial charge is 0.211 e. The van der Waals surface area contributed by atoms with Crippen molar-refractivity contribution in [3.8, 4) is 0 Å². The van der Waals surface area contributed by atoms with Crippen molar-refractivity contribution in [3.05, 3.63) is 0 Å². The number of rotatable bonds is 4. The van der Waals surface area contributed by atoms with Gasteiger partial charge in [-0.15, -0.1) is 0 Å². The van der Waals surface area contributed by atoms with Gasteiger partial charge in [-0.05, 0) is 37.5 Å². The lowest BCUT2D eigenvalue weighted by atomic mass is 9.65. The van der Waals surface area contributed by atoms with Crippen LogP contribution in [0, 0.1) is 11.8 Å². The summed E-state index contributed by atoms with van der Waals surface area (Å²) in [5, 5.41) is 0. The lowest BCUT2D eigenvalue weighted by Crippen LogP contribution is -2.46. The van der Waals surface area contributed by atoms with Crippen LogP contribution in [0.4, 0.5) is 0 Å². The Kier molecular flexibility index (Phi) is 4.61. The van der Waals surface area contributed by atoms with Crippen molar-refractivity contribution in [2.45, 2.75) is 64.5 Å². The third kappa shape index (κ3) is 2.60. The molecule has 1 saturated carbocycles. The van der Waals surface area contributed by atoms with E-state index in [1.54, 1.807) is 12.2 Å². The zero-order chi connectivity index (χ0) is 13.8. The van der Waals surface area contributed by atoms with Gasteiger partial charge >= 0.3 is 0 Å². The Bertz CT molecular complexity index is 343. The monoisotopic (exact) mass is 250 g/mol. The summed E-state index contributed by atoms with van der Waals surface area (Å²) in [4.78, 5) is 29.4. The molecule has 18 heavy (non-hydrogen) atoms. The molecule has 1 aliphatic rings. The van der Waals surface area contributed by atoms with Crippen LogP contribution >= 0.6 is 0 Å². The van der Waals surface area contributed by atoms with Crippen LogP contribution in [0.15, 0.2) is 9.98 Å². The van der Waals surface area contributed by atoms with Crippen LogP contribution in [0.3, 0.4) is 0 Å². The van der Waals surface area contributed by atoms with E-state index >= 15 is 0 Å². The quantitative estimate of drug-likeness (QED) is 0.568. The van der Waals surface area contributed by atoms with Gasteiger partial charge in [0, 0.05) is 0 Å². The zero-order valence-electron chi connectivity index (χ0n) is 11.7. The van der Waals surface area contributed by atoms with Crippen LogP contribution in [-0.2, 0) is 9.59 Å². The number of aliphatic imine (C=N–C) groups is 2. The normalized spacial score (nSPS) is 31.9. The van der Waals surface area contributed by atoms with E-state index in [4.69, 9.17) is 0 Å². The third-order valence-electron chi connectivity index (χ3n) is 4.67. The summed E-state index contributed by atoms with van der Waals surface area (Å²) >= 11 is 0. The summed E-state index contributed by atoms with van der Waals surface area (Å²) < 4.78 is 0. The molecule has 0 aliphatic heterocycles. The van der Waals surface area contributed by atoms with Crippen LogP contribution in [0.2, 0.25) is 0 Å². The van der Waals surface area contributed by atoms with E-state index in [1.165, 1.54) is 0 Å². The van der Waals surface area contributed by atoms with E-state index in [1.807, 2.05) is 0 Å². The molecule has 0 radical (unpaired) electrons. The van der Waals surface area contributed by atoms with Crippen LogP contribution < -0.4 is 0 Å². The van der Waals surface area contributed by atoms with Crippen LogP contribution in [-0.4, -0.2) is 23.2 Å². The van der Waals surface area contributed by atoms with Crippen molar-refractivity contribution in [1.82, 2.24) is 0 Å². The van der Waals surface area contributed by atoms with E-state index in [2.05, 4.69) is 37.7 Å². The second-order valence-corrected chi connectivity index (χ2v) is 5.92. The Hall–Kier alpha value is -1.24. The first kappa shape index (κ1) is 14.8. The molecular weight excluding hydrogens is 228 g/mol. The number of hydrogen-bond acceptors (Lipinski definition) is 4. The van der Waals surface area contributed by atoms with Gasteiger partial charge in [0.15, 0.2) is 0 Å². The summed E-state index contributed by atoms with van der Waals surface area (Å²) in [6, 6.07) is 0. The molecule has 0 heterocycles. The first-order valence-electron chi connectivity index (χ1n) is 6.60. The molecule has 0 atom stereocenters. The van der Waals surface area contributed by atoms with E-state index in [9.17, 15) is 9.59 Å². The highest BCUT2D eigenvalue weighted by molar-refractivity contribution is 5.37. The number of nitrogens with zero attached hydrogens (tertiary/aromatic N) is 2. The van der Waals surface area contributed by atoms with Crippen molar-refractivity contribution in [2.24, 2.45) is 21.8 Å². The Morgan fingerprint density at radius 3 is 1.22 bits per heavy atom. The Morgan fingerprint density at radius 2 is 1.06 bits per heavy atom. The molecule has 4 heteroatoms. The van der Waals surface area contributed by atoms with Gasteiger partial charge in [0.2, 0.25) is 12.2 Å². The van der Waals surface area contributed by atoms with Crippen LogP contribution in [0.5, 0.6) is 0 Å². The highest BCUT2D eigenvalue weighted by Crippen LogP contribution is 2.46. The van der Waals surface area contributed by atoms with Gasteiger partial charge in [-0.2, -0.15) is 9.98 Å². The second kappa shape index (κ2) is 5.60. The second-order valence-electron chi connectivity index (χ2n) is 5.92. The summed E-state index contributed by atoms with van der Waals surface area (Å²) in [6.07, 6.45) is 6.55. The summed E-state index contributed by atoms with van der Waals surface area (Å²) in [7, 11) is 0. The lowest BCUT2D eigenvalue weighted by Gasteiger charge is -2.45. The molecule has 0 aromatic heterocycles. The highest BCUT2D eigenvalue weighted by atomic mass is 16.1. The summed E-state index contributed by atoms with van der Waals surface area (Å²) in [5.74, 6) is 0.591. The van der Waals surface area contributed by atoms with Gasteiger partial charge in [-0.1, -0.05) is 27.7 Å². The average Bonchev–Trinajstić information content (AvgIpc) is 2.32. The molecule has 1 fully saturated rings. The highest BCUT2D eigenvalue weighted by Gasteiger charge is 2.46. The molecule has 1 aliphatic carbocycles. The van der Waals surface area contributed by atoms with Crippen molar-refractivity contribution in [1.29, 1.82) is 0 Å². The molecule has 0 bridgehead atoms. The van der Waals surface area contributed by atoms with Gasteiger partial charge in [0.05, 0.1) is 11.1 Å². The van der Waals surface area contributed by atoms with Gasteiger partial charge in [-0.3, -0.25) is 0 Å². The molecule has 4 nitrogen and oxygen atoms in total. The summed E-state index contributed by atoms with van der Waals surface area (Å²) in [6.45, 7) is 8.30. The average molecular weight is 250 g/mol. The molecule has 0 N–H and O–H groups in total. The minimum absolute atomic E-state index is 0.296. The Labute approximate surface area is 109 Å². The molecule has 0 unspecified atom stereocenters. The van der Waals surface area contributed by atoms with Gasteiger partial charge in [-0.25, -0.2) is 9.59 Å². The predicted molar refractivity (Wildman–Crippen MR) is 69.8 cm³/mol. The van der Waals surface area contributed by atoms with Gasteiger partial charge < -0.3 is 0 Å². The molecule has 100 valence electrons. The maximum absolute atomic E-state index is 10.6. The third-order valence-corrected chi connectivity index (χ3v) is 4.67. The standard InChI is InChI=1S/C14H22N2O2/c1-11(2)13(15-9-17)5-7-14(8-6-13,12(3)4)16-10-18/h11-12H,5-8H2,1-4H3. The number of hydrogen-bond donors (Lipinski definition) is 0. The van der Waals surface area contributed by atoms with Crippen LogP contribution in [0.1, 0.15) is 53.4 Å². The largest absolute Gasteiger partial charge is 0.235 e. The number of carbonyl (C=O) groups excluding carboxylic acids is 2. The summed E-state index contributed by atoms with van der Waals surface area (Å²) in [5.41, 5.74) is -0.642. The maximum Gasteiger partial charge on any atom is 0.235 e. The van der Waals surface area contributed by atoms with E-state index < -0.39 is 0 Å². The van der Waals surface area contributed by atoms with E-state index in [-0.39, 0.29) is 11.1 Å². The van der Waals surface area contributed by atoms with E-state index in [0.29, 0.717) is 11.8 Å². The van der Waals surface area contributed by atoms with Crippen molar-refractivity contribution >= 4 is 12.2 Å². The number of isocyanates is 2. The van der Waals surface area contributed by atoms with Crippen LogP contribution in [0.25, 0.3) is 0 Å². The first-order valence-corrected chi connectivity index (χ1v) is 6.60. The molecule has 0 aromatic carbocycles. The topological polar surface area (TPSA) is 58.9 Å². The Morgan fingerprint density at radius 1 is 0.778 bits per heavy atom. The van der Waals surface area contributed by atoms with Crippen molar-refractivity contribution in [2.75, 3.05) is 0 Å². The fourth-order valence-electron chi connectivity index (χ4n) is 2.93. The van der Waals surface area contributed by atoms with Crippen molar-refractivity contribution in [3.63, 3.8) is 0 Å². The molecule has 0 aromatic rings. The van der Waals surface area contributed by atoms with Gasteiger partial charge in [0.25, 0.3) is 0 Å². The predicted octanol–water partition coefficient (Wildman–Crippen LogP) is 3.02. The van der Waals surface area contributed by atoms with Crippen molar-refractivity contribution < 1.29 is 9.59 Å². The molecule has 0 amide bonds. The lowest BCUT2D eigenvalue weighted by molar-refractivity contribution is 0.131. The maximum atomic E-state index is 10.6. The zero-order valence-corrected chi connectivity index (χ0v) is 11.7. The molecular formula is C14H22N2O2. The minimum Gasteiger partial charge on any atom is -0.211 e. The fraction of sp³-hybridized carbons (Fsp3) is 0.857. The molecule has 1 rings (SSSR count). The minimum atomic E-state index is -0.321. The van der Waals surface area contributed by atoms with E-state index in [0.717, 1.165) is 25.7 Å². The Balaban J connectivity index is 2.97.